The lowest BCUT2D eigenvalue weighted by molar-refractivity contribution is -0.131. The zero-order chi connectivity index (χ0) is 31.6. The molecule has 0 aromatic heterocycles. The normalized spacial score (nSPS) is 11.2. The summed E-state index contributed by atoms with van der Waals surface area (Å²) in [5.74, 6) is 3.42. The fourth-order valence-electron chi connectivity index (χ4n) is 5.25. The number of allylic oxidation sites excluding steroid dienone is 1. The molecule has 6 heteroatoms. The lowest BCUT2D eigenvalue weighted by Gasteiger charge is -2.27. The Balaban J connectivity index is 1.42. The van der Waals surface area contributed by atoms with Crippen LogP contribution in [0.2, 0.25) is 0 Å². The molecule has 0 bridgehead atoms. The minimum Gasteiger partial charge on any atom is -0.478 e. The van der Waals surface area contributed by atoms with Crippen LogP contribution >= 0.6 is 7.26 Å². The molecule has 6 aromatic carbocycles. The summed E-state index contributed by atoms with van der Waals surface area (Å²) < 4.78 is 18.3. The van der Waals surface area contributed by atoms with Crippen molar-refractivity contribution in [3.63, 3.8) is 0 Å². The van der Waals surface area contributed by atoms with Crippen molar-refractivity contribution in [3.8, 4) is 34.5 Å². The van der Waals surface area contributed by atoms with Gasteiger partial charge in [-0.25, -0.2) is 4.79 Å². The highest BCUT2D eigenvalue weighted by Gasteiger charge is 2.44. The molecule has 0 heterocycles. The first kappa shape index (κ1) is 30.4. The highest BCUT2D eigenvalue weighted by Crippen LogP contribution is 2.56. The van der Waals surface area contributed by atoms with E-state index in [4.69, 9.17) is 14.2 Å². The Morgan fingerprint density at radius 3 is 1.02 bits per heavy atom. The Hall–Kier alpha value is -5.64. The van der Waals surface area contributed by atoms with E-state index in [1.807, 2.05) is 127 Å². The third kappa shape index (κ3) is 7.35. The number of hydrogen-bond acceptors (Lipinski definition) is 4. The first-order valence-corrected chi connectivity index (χ1v) is 16.8. The minimum atomic E-state index is -2.43. The van der Waals surface area contributed by atoms with Crippen molar-refractivity contribution < 1.29 is 24.1 Å². The van der Waals surface area contributed by atoms with E-state index in [1.54, 1.807) is 6.08 Å². The Morgan fingerprint density at radius 1 is 0.457 bits per heavy atom. The van der Waals surface area contributed by atoms with Gasteiger partial charge in [0.15, 0.2) is 0 Å². The van der Waals surface area contributed by atoms with Crippen molar-refractivity contribution in [3.05, 3.63) is 176 Å². The quantitative estimate of drug-likeness (QED) is 0.109. The van der Waals surface area contributed by atoms with E-state index in [0.29, 0.717) is 23.4 Å². The number of rotatable bonds is 12. The molecule has 0 atom stereocenters. The first-order chi connectivity index (χ1) is 22.6. The van der Waals surface area contributed by atoms with Gasteiger partial charge in [0, 0.05) is 6.08 Å². The summed E-state index contributed by atoms with van der Waals surface area (Å²) in [6.07, 6.45) is 3.48. The van der Waals surface area contributed by atoms with Crippen LogP contribution in [-0.2, 0) is 4.79 Å². The van der Waals surface area contributed by atoms with E-state index < -0.39 is 13.2 Å². The smallest absolute Gasteiger partial charge is 0.328 e. The molecular formula is C40H32O5P+. The van der Waals surface area contributed by atoms with Gasteiger partial charge in [-0.15, -0.1) is 0 Å². The van der Waals surface area contributed by atoms with E-state index in [2.05, 4.69) is 36.4 Å². The zero-order valence-electron chi connectivity index (χ0n) is 25.0. The molecule has 0 aliphatic heterocycles. The number of carboxylic acids is 1. The maximum absolute atomic E-state index is 11.6. The molecule has 1 N–H and O–H groups in total. The van der Waals surface area contributed by atoms with Crippen molar-refractivity contribution >= 4 is 29.1 Å². The van der Waals surface area contributed by atoms with Crippen LogP contribution < -0.4 is 30.1 Å². The third-order valence-electron chi connectivity index (χ3n) is 7.41. The number of aliphatic carboxylic acids is 1. The summed E-state index contributed by atoms with van der Waals surface area (Å²) in [5, 5.41) is 12.8. The van der Waals surface area contributed by atoms with Gasteiger partial charge >= 0.3 is 5.97 Å². The van der Waals surface area contributed by atoms with Crippen molar-refractivity contribution in [1.82, 2.24) is 0 Å². The van der Waals surface area contributed by atoms with E-state index in [-0.39, 0.29) is 0 Å². The predicted molar refractivity (Wildman–Crippen MR) is 186 cm³/mol. The van der Waals surface area contributed by atoms with E-state index in [0.717, 1.165) is 33.2 Å². The molecule has 0 amide bonds. The number of ether oxygens (including phenoxy) is 3. The molecule has 0 aliphatic carbocycles. The van der Waals surface area contributed by atoms with Crippen LogP contribution in [0.4, 0.5) is 0 Å². The zero-order valence-corrected chi connectivity index (χ0v) is 25.9. The van der Waals surface area contributed by atoms with Crippen molar-refractivity contribution in [2.75, 3.05) is 6.16 Å². The molecule has 0 aliphatic rings. The molecule has 0 unspecified atom stereocenters. The molecule has 0 saturated carbocycles. The first-order valence-electron chi connectivity index (χ1n) is 14.9. The minimum absolute atomic E-state index is 0.496. The van der Waals surface area contributed by atoms with Crippen LogP contribution in [0, 0.1) is 0 Å². The molecule has 0 spiro atoms. The summed E-state index contributed by atoms with van der Waals surface area (Å²) in [6.45, 7) is 0. The Bertz CT molecular complexity index is 1670. The molecule has 5 nitrogen and oxygen atoms in total. The van der Waals surface area contributed by atoms with E-state index >= 15 is 0 Å². The van der Waals surface area contributed by atoms with Crippen molar-refractivity contribution in [1.29, 1.82) is 0 Å². The van der Waals surface area contributed by atoms with Gasteiger partial charge in [-0.2, -0.15) is 0 Å². The fraction of sp³-hybridized carbons (Fsp3) is 0.0250. The predicted octanol–water partition coefficient (Wildman–Crippen LogP) is 9.00. The Kier molecular flexibility index (Phi) is 9.53. The van der Waals surface area contributed by atoms with Crippen LogP contribution in [0.15, 0.2) is 176 Å². The molecule has 6 rings (SSSR count). The van der Waals surface area contributed by atoms with E-state index in [1.165, 1.54) is 6.08 Å². The standard InChI is InChI=1S/C40H31O5P/c41-40(42)17-10-30-46(37-24-18-34(19-25-37)43-31-11-4-1-5-12-31,38-26-20-35(21-27-38)44-32-13-6-2-7-14-32)39-28-22-36(23-29-39)45-33-15-8-3-9-16-33/h1-29H,30H2/p+1. The van der Waals surface area contributed by atoms with Crippen LogP contribution in [0.5, 0.6) is 34.5 Å². The molecule has 6 aromatic rings. The summed E-state index contributed by atoms with van der Waals surface area (Å²) in [5.41, 5.74) is 0. The second kappa shape index (κ2) is 14.4. The van der Waals surface area contributed by atoms with Gasteiger partial charge in [-0.3, -0.25) is 0 Å². The monoisotopic (exact) mass is 623 g/mol. The van der Waals surface area contributed by atoms with Gasteiger partial charge in [-0.05, 0) is 115 Å². The lowest BCUT2D eigenvalue weighted by atomic mass is 10.3. The average Bonchev–Trinajstić information content (AvgIpc) is 3.09. The fourth-order valence-corrected chi connectivity index (χ4v) is 9.18. The SMILES string of the molecule is O=C(O)C=CC[P+](c1ccc(Oc2ccccc2)cc1)(c1ccc(Oc2ccccc2)cc1)c1ccc(Oc2ccccc2)cc1. The molecule has 0 radical (unpaired) electrons. The molecule has 46 heavy (non-hydrogen) atoms. The van der Waals surface area contributed by atoms with Gasteiger partial charge in [0.1, 0.15) is 57.7 Å². The molecular weight excluding hydrogens is 591 g/mol. The van der Waals surface area contributed by atoms with Crippen LogP contribution in [-0.4, -0.2) is 17.2 Å². The number of carbonyl (C=O) groups is 1. The summed E-state index contributed by atoms with van der Waals surface area (Å²) in [7, 11) is -2.43. The van der Waals surface area contributed by atoms with Crippen molar-refractivity contribution in [2.45, 2.75) is 0 Å². The van der Waals surface area contributed by atoms with Gasteiger partial charge < -0.3 is 19.3 Å². The maximum Gasteiger partial charge on any atom is 0.328 e. The number of carboxylic acid groups (broad SMARTS) is 1. The van der Waals surface area contributed by atoms with E-state index in [9.17, 15) is 9.90 Å². The van der Waals surface area contributed by atoms with Crippen LogP contribution in [0.25, 0.3) is 0 Å². The Morgan fingerprint density at radius 2 is 0.739 bits per heavy atom. The molecule has 0 saturated heterocycles. The number of hydrogen-bond donors (Lipinski definition) is 1. The molecule has 0 fully saturated rings. The summed E-state index contributed by atoms with van der Waals surface area (Å²) in [6, 6.07) is 53.3. The highest BCUT2D eigenvalue weighted by molar-refractivity contribution is 7.95. The second-order valence-corrected chi connectivity index (χ2v) is 14.0. The largest absolute Gasteiger partial charge is 0.478 e. The summed E-state index contributed by atoms with van der Waals surface area (Å²) in [4.78, 5) is 11.6. The average molecular weight is 624 g/mol. The lowest BCUT2D eigenvalue weighted by Crippen LogP contribution is -2.33. The highest BCUT2D eigenvalue weighted by atomic mass is 31.2. The molecule has 226 valence electrons. The summed E-state index contributed by atoms with van der Waals surface area (Å²) >= 11 is 0. The van der Waals surface area contributed by atoms with Gasteiger partial charge in [0.25, 0.3) is 0 Å². The topological polar surface area (TPSA) is 65.0 Å². The second-order valence-electron chi connectivity index (χ2n) is 10.5. The maximum atomic E-state index is 11.6. The van der Waals surface area contributed by atoms with Gasteiger partial charge in [0.05, 0.1) is 6.16 Å². The van der Waals surface area contributed by atoms with Gasteiger partial charge in [-0.1, -0.05) is 54.6 Å². The third-order valence-corrected chi connectivity index (χ3v) is 11.7. The van der Waals surface area contributed by atoms with Crippen molar-refractivity contribution in [2.24, 2.45) is 0 Å². The number of benzene rings is 6. The Labute approximate surface area is 269 Å². The van der Waals surface area contributed by atoms with Gasteiger partial charge in [0.2, 0.25) is 0 Å². The van der Waals surface area contributed by atoms with Crippen LogP contribution in [0.1, 0.15) is 0 Å². The van der Waals surface area contributed by atoms with Crippen LogP contribution in [0.3, 0.4) is 0 Å². The number of para-hydroxylation sites is 3.